The van der Waals surface area contributed by atoms with E-state index in [4.69, 9.17) is 9.47 Å². The van der Waals surface area contributed by atoms with Gasteiger partial charge in [-0.25, -0.2) is 0 Å². The minimum absolute atomic E-state index is 0.0577. The van der Waals surface area contributed by atoms with E-state index in [2.05, 4.69) is 5.32 Å². The van der Waals surface area contributed by atoms with Gasteiger partial charge >= 0.3 is 0 Å². The van der Waals surface area contributed by atoms with Gasteiger partial charge < -0.3 is 24.7 Å². The molecule has 30 heavy (non-hydrogen) atoms. The van der Waals surface area contributed by atoms with Crippen molar-refractivity contribution in [3.63, 3.8) is 0 Å². The van der Waals surface area contributed by atoms with E-state index < -0.39 is 17.9 Å². The number of amides is 1. The highest BCUT2D eigenvalue weighted by Crippen LogP contribution is 2.40. The number of Topliss-reactive ketones (excluding diaryl/α,β-unsaturated/α-hetero) is 1. The molecule has 0 spiro atoms. The summed E-state index contributed by atoms with van der Waals surface area (Å²) in [5.74, 6) is -0.623. The van der Waals surface area contributed by atoms with Gasteiger partial charge in [-0.15, -0.1) is 0 Å². The molecule has 0 saturated heterocycles. The van der Waals surface area contributed by atoms with Crippen LogP contribution >= 0.6 is 11.8 Å². The standard InChI is InChI=1S/C22H23NO6S/c1-13-3-5-15(6-4-13)18(25)10-21(30-11-17(22(26)27)23-14(2)24)16-7-8-19-20(9-16)29-12-28-19/h3-9,17,21H,10-12H2,1-2H3,(H,23,24)(H,26,27)/p-1/t17-,21-/m0/s1. The molecule has 2 aromatic carbocycles. The lowest BCUT2D eigenvalue weighted by Gasteiger charge is -2.23. The molecule has 1 heterocycles. The fraction of sp³-hybridized carbons (Fsp3) is 0.318. The Morgan fingerprint density at radius 3 is 2.47 bits per heavy atom. The second-order valence-corrected chi connectivity index (χ2v) is 8.24. The third-order valence-corrected chi connectivity index (χ3v) is 6.01. The highest BCUT2D eigenvalue weighted by molar-refractivity contribution is 7.99. The van der Waals surface area contributed by atoms with Crippen LogP contribution in [0, 0.1) is 6.92 Å². The first kappa shape index (κ1) is 21.7. The molecule has 0 aromatic heterocycles. The summed E-state index contributed by atoms with van der Waals surface area (Å²) in [4.78, 5) is 35.5. The van der Waals surface area contributed by atoms with Gasteiger partial charge in [-0.3, -0.25) is 9.59 Å². The second kappa shape index (κ2) is 9.67. The Kier molecular flexibility index (Phi) is 6.99. The van der Waals surface area contributed by atoms with Crippen molar-refractivity contribution in [3.05, 3.63) is 59.2 Å². The van der Waals surface area contributed by atoms with Crippen LogP contribution in [0.2, 0.25) is 0 Å². The van der Waals surface area contributed by atoms with Gasteiger partial charge in [0, 0.05) is 29.9 Å². The van der Waals surface area contributed by atoms with Crippen molar-refractivity contribution in [3.8, 4) is 11.5 Å². The highest BCUT2D eigenvalue weighted by atomic mass is 32.2. The van der Waals surface area contributed by atoms with Gasteiger partial charge in [0.1, 0.15) is 0 Å². The maximum atomic E-state index is 12.9. The van der Waals surface area contributed by atoms with Crippen LogP contribution in [0.15, 0.2) is 42.5 Å². The van der Waals surface area contributed by atoms with Gasteiger partial charge in [0.25, 0.3) is 0 Å². The van der Waals surface area contributed by atoms with Gasteiger partial charge in [0.15, 0.2) is 17.3 Å². The molecule has 0 radical (unpaired) electrons. The Bertz CT molecular complexity index is 943. The van der Waals surface area contributed by atoms with Crippen LogP contribution in [-0.2, 0) is 9.59 Å². The number of carbonyl (C=O) groups excluding carboxylic acids is 3. The molecule has 0 saturated carbocycles. The van der Waals surface area contributed by atoms with E-state index >= 15 is 0 Å². The normalized spacial score (nSPS) is 14.1. The van der Waals surface area contributed by atoms with Crippen molar-refractivity contribution in [1.29, 1.82) is 0 Å². The van der Waals surface area contributed by atoms with Crippen LogP contribution in [0.3, 0.4) is 0 Å². The number of carbonyl (C=O) groups is 3. The average Bonchev–Trinajstić information content (AvgIpc) is 3.17. The minimum atomic E-state index is -1.37. The quantitative estimate of drug-likeness (QED) is 0.609. The number of benzene rings is 2. The van der Waals surface area contributed by atoms with Crippen LogP contribution in [-0.4, -0.2) is 36.2 Å². The molecular weight excluding hydrogens is 406 g/mol. The van der Waals surface area contributed by atoms with E-state index in [0.29, 0.717) is 17.1 Å². The largest absolute Gasteiger partial charge is 0.548 e. The van der Waals surface area contributed by atoms with Crippen molar-refractivity contribution in [2.45, 2.75) is 31.6 Å². The third-order valence-electron chi connectivity index (χ3n) is 4.64. The number of carboxylic acids is 1. The molecule has 1 N–H and O–H groups in total. The smallest absolute Gasteiger partial charge is 0.231 e. The first-order valence-electron chi connectivity index (χ1n) is 9.42. The van der Waals surface area contributed by atoms with Gasteiger partial charge in [0.2, 0.25) is 12.7 Å². The lowest BCUT2D eigenvalue weighted by atomic mass is 10.0. The number of carboxylic acid groups (broad SMARTS) is 1. The number of aryl methyl sites for hydroxylation is 1. The Hall–Kier alpha value is -3.00. The van der Waals surface area contributed by atoms with Crippen molar-refractivity contribution >= 4 is 29.4 Å². The molecule has 1 aliphatic rings. The Labute approximate surface area is 178 Å². The lowest BCUT2D eigenvalue weighted by molar-refractivity contribution is -0.307. The molecule has 0 fully saturated rings. The van der Waals surface area contributed by atoms with E-state index in [9.17, 15) is 19.5 Å². The summed E-state index contributed by atoms with van der Waals surface area (Å²) in [5.41, 5.74) is 2.45. The van der Waals surface area contributed by atoms with Crippen LogP contribution in [0.5, 0.6) is 11.5 Å². The number of aliphatic carboxylic acids is 1. The van der Waals surface area contributed by atoms with Gasteiger partial charge in [-0.2, -0.15) is 11.8 Å². The van der Waals surface area contributed by atoms with Crippen LogP contribution < -0.4 is 19.9 Å². The Morgan fingerprint density at radius 1 is 1.10 bits per heavy atom. The summed E-state index contributed by atoms with van der Waals surface area (Å²) in [6.07, 6.45) is 0.160. The number of rotatable bonds is 9. The SMILES string of the molecule is CC(=O)N[C@@H](CS[C@@H](CC(=O)c1ccc(C)cc1)c1ccc2c(c1)OCO2)C(=O)[O-]. The maximum absolute atomic E-state index is 12.9. The van der Waals surface area contributed by atoms with E-state index in [-0.39, 0.29) is 30.0 Å². The number of ether oxygens (including phenoxy) is 2. The number of nitrogens with one attached hydrogen (secondary N) is 1. The Balaban J connectivity index is 1.80. The van der Waals surface area contributed by atoms with Gasteiger partial charge in [0.05, 0.1) is 12.0 Å². The highest BCUT2D eigenvalue weighted by Gasteiger charge is 2.23. The second-order valence-electron chi connectivity index (χ2n) is 7.00. The van der Waals surface area contributed by atoms with E-state index in [1.807, 2.05) is 25.1 Å². The molecule has 158 valence electrons. The zero-order valence-electron chi connectivity index (χ0n) is 16.7. The number of ketones is 1. The maximum Gasteiger partial charge on any atom is 0.231 e. The molecule has 7 nitrogen and oxygen atoms in total. The monoisotopic (exact) mass is 428 g/mol. The zero-order chi connectivity index (χ0) is 21.7. The number of fused-ring (bicyclic) bond motifs is 1. The summed E-state index contributed by atoms with van der Waals surface area (Å²) in [6, 6.07) is 11.6. The minimum Gasteiger partial charge on any atom is -0.548 e. The van der Waals surface area contributed by atoms with E-state index in [1.165, 1.54) is 18.7 Å². The predicted molar refractivity (Wildman–Crippen MR) is 111 cm³/mol. The number of hydrogen-bond acceptors (Lipinski definition) is 7. The van der Waals surface area contributed by atoms with Gasteiger partial charge in [-0.05, 0) is 24.6 Å². The molecule has 0 aliphatic carbocycles. The molecule has 8 heteroatoms. The number of hydrogen-bond donors (Lipinski definition) is 1. The van der Waals surface area contributed by atoms with Crippen LogP contribution in [0.1, 0.15) is 40.1 Å². The molecule has 2 aromatic rings. The average molecular weight is 428 g/mol. The van der Waals surface area contributed by atoms with Crippen molar-refractivity contribution in [2.24, 2.45) is 0 Å². The van der Waals surface area contributed by atoms with Crippen molar-refractivity contribution in [2.75, 3.05) is 12.5 Å². The Morgan fingerprint density at radius 2 is 1.80 bits per heavy atom. The lowest BCUT2D eigenvalue weighted by Crippen LogP contribution is -2.48. The summed E-state index contributed by atoms with van der Waals surface area (Å²) in [7, 11) is 0. The molecule has 2 atom stereocenters. The summed E-state index contributed by atoms with van der Waals surface area (Å²) in [6.45, 7) is 3.33. The fourth-order valence-corrected chi connectivity index (χ4v) is 4.29. The molecule has 0 unspecified atom stereocenters. The van der Waals surface area contributed by atoms with Gasteiger partial charge in [-0.1, -0.05) is 35.9 Å². The topological polar surface area (TPSA) is 105 Å². The first-order valence-corrected chi connectivity index (χ1v) is 10.5. The van der Waals surface area contributed by atoms with Crippen LogP contribution in [0.4, 0.5) is 0 Å². The molecule has 1 amide bonds. The number of thioether (sulfide) groups is 1. The van der Waals surface area contributed by atoms with E-state index in [0.717, 1.165) is 11.1 Å². The van der Waals surface area contributed by atoms with E-state index in [1.54, 1.807) is 24.3 Å². The predicted octanol–water partition coefficient (Wildman–Crippen LogP) is 2.03. The molecular formula is C22H22NO6S-. The van der Waals surface area contributed by atoms with Crippen LogP contribution in [0.25, 0.3) is 0 Å². The van der Waals surface area contributed by atoms with Crippen molar-refractivity contribution in [1.82, 2.24) is 5.32 Å². The first-order chi connectivity index (χ1) is 14.3. The fourth-order valence-electron chi connectivity index (χ4n) is 3.04. The molecule has 3 rings (SSSR count). The van der Waals surface area contributed by atoms with Crippen molar-refractivity contribution < 1.29 is 29.0 Å². The third kappa shape index (κ3) is 5.54. The summed E-state index contributed by atoms with van der Waals surface area (Å²) < 4.78 is 10.8. The molecule has 0 bridgehead atoms. The summed E-state index contributed by atoms with van der Waals surface area (Å²) in [5, 5.41) is 13.4. The molecule has 1 aliphatic heterocycles. The zero-order valence-corrected chi connectivity index (χ0v) is 17.5. The summed E-state index contributed by atoms with van der Waals surface area (Å²) >= 11 is 1.27.